The smallest absolute Gasteiger partial charge is 0.267 e. The second kappa shape index (κ2) is 13.9. The van der Waals surface area contributed by atoms with E-state index in [1.54, 1.807) is 11.9 Å². The summed E-state index contributed by atoms with van der Waals surface area (Å²) < 4.78 is 0. The number of rotatable bonds is 11. The first-order chi connectivity index (χ1) is 17.4. The highest BCUT2D eigenvalue weighted by Crippen LogP contribution is 2.23. The Hall–Kier alpha value is -3.79. The summed E-state index contributed by atoms with van der Waals surface area (Å²) in [5.41, 5.74) is 2.89. The molecule has 1 aromatic carbocycles. The van der Waals surface area contributed by atoms with E-state index in [1.807, 2.05) is 30.3 Å². The molecule has 0 saturated heterocycles. The van der Waals surface area contributed by atoms with Crippen LogP contribution in [0, 0.1) is 5.92 Å². The van der Waals surface area contributed by atoms with E-state index in [9.17, 15) is 14.4 Å². The van der Waals surface area contributed by atoms with Gasteiger partial charge in [0, 0.05) is 26.2 Å². The Morgan fingerprint density at radius 2 is 1.86 bits per heavy atom. The Morgan fingerprint density at radius 1 is 1.11 bits per heavy atom. The fourth-order valence-corrected chi connectivity index (χ4v) is 4.12. The molecular weight excluding hydrogens is 460 g/mol. The zero-order chi connectivity index (χ0) is 25.8. The van der Waals surface area contributed by atoms with Crippen molar-refractivity contribution in [1.82, 2.24) is 25.7 Å². The number of hydroxylamine groups is 1. The Morgan fingerprint density at radius 3 is 2.53 bits per heavy atom. The minimum absolute atomic E-state index is 0.0418. The van der Waals surface area contributed by atoms with Gasteiger partial charge in [0.1, 0.15) is 11.9 Å². The van der Waals surface area contributed by atoms with Gasteiger partial charge < -0.3 is 15.5 Å². The van der Waals surface area contributed by atoms with E-state index < -0.39 is 11.9 Å². The fourth-order valence-electron chi connectivity index (χ4n) is 4.12. The van der Waals surface area contributed by atoms with Gasteiger partial charge in [0.25, 0.3) is 5.91 Å². The predicted octanol–water partition coefficient (Wildman–Crippen LogP) is 2.52. The highest BCUT2D eigenvalue weighted by molar-refractivity contribution is 5.91. The monoisotopic (exact) mass is 494 g/mol. The molecule has 4 N–H and O–H groups in total. The molecular formula is C26H34N6O4. The third-order valence-corrected chi connectivity index (χ3v) is 6.18. The molecule has 0 spiro atoms. The minimum Gasteiger partial charge on any atom is -0.357 e. The molecule has 2 aromatic rings. The Labute approximate surface area is 211 Å². The van der Waals surface area contributed by atoms with Crippen molar-refractivity contribution >= 4 is 29.6 Å². The maximum Gasteiger partial charge on any atom is 0.267 e. The van der Waals surface area contributed by atoms with E-state index >= 15 is 0 Å². The van der Waals surface area contributed by atoms with E-state index in [-0.39, 0.29) is 18.2 Å². The molecule has 1 saturated carbocycles. The van der Waals surface area contributed by atoms with Crippen LogP contribution in [0.25, 0.3) is 6.08 Å². The molecule has 36 heavy (non-hydrogen) atoms. The van der Waals surface area contributed by atoms with Crippen LogP contribution in [0.2, 0.25) is 0 Å². The van der Waals surface area contributed by atoms with Gasteiger partial charge in [-0.25, -0.2) is 10.5 Å². The molecule has 0 bridgehead atoms. The number of carbonyl (C=O) groups excluding carboxylic acids is 3. The van der Waals surface area contributed by atoms with Crippen LogP contribution in [-0.4, -0.2) is 57.4 Å². The number of hydrogen-bond acceptors (Lipinski definition) is 7. The molecule has 10 heteroatoms. The van der Waals surface area contributed by atoms with Crippen molar-refractivity contribution in [3.8, 4) is 0 Å². The van der Waals surface area contributed by atoms with Crippen LogP contribution < -0.4 is 16.1 Å². The van der Waals surface area contributed by atoms with Crippen LogP contribution in [0.5, 0.6) is 0 Å². The molecule has 10 nitrogen and oxygen atoms in total. The number of amides is 3. The Balaban J connectivity index is 1.65. The number of benzene rings is 1. The summed E-state index contributed by atoms with van der Waals surface area (Å²) in [5.74, 6) is -0.331. The lowest BCUT2D eigenvalue weighted by atomic mass is 9.89. The van der Waals surface area contributed by atoms with E-state index in [4.69, 9.17) is 5.21 Å². The summed E-state index contributed by atoms with van der Waals surface area (Å²) in [4.78, 5) is 47.3. The summed E-state index contributed by atoms with van der Waals surface area (Å²) in [6, 6.07) is 8.84. The lowest BCUT2D eigenvalue weighted by Crippen LogP contribution is -2.44. The van der Waals surface area contributed by atoms with Crippen molar-refractivity contribution in [2.75, 3.05) is 18.9 Å². The van der Waals surface area contributed by atoms with Gasteiger partial charge in [-0.05, 0) is 30.4 Å². The highest BCUT2D eigenvalue weighted by Gasteiger charge is 2.25. The summed E-state index contributed by atoms with van der Waals surface area (Å²) in [5, 5.41) is 14.6. The first-order valence-corrected chi connectivity index (χ1v) is 12.2. The molecule has 1 aliphatic rings. The molecule has 1 aromatic heterocycles. The molecule has 0 radical (unpaired) electrons. The van der Waals surface area contributed by atoms with Crippen molar-refractivity contribution in [3.63, 3.8) is 0 Å². The fraction of sp³-hybridized carbons (Fsp3) is 0.423. The quantitative estimate of drug-likeness (QED) is 0.214. The van der Waals surface area contributed by atoms with Gasteiger partial charge in [-0.2, -0.15) is 0 Å². The normalized spacial score (nSPS) is 14.7. The van der Waals surface area contributed by atoms with Crippen LogP contribution in [0.1, 0.15) is 49.8 Å². The van der Waals surface area contributed by atoms with Gasteiger partial charge in [-0.15, -0.1) is 0 Å². The number of nitrogens with one attached hydrogen (secondary N) is 3. The second-order valence-electron chi connectivity index (χ2n) is 9.02. The molecule has 192 valence electrons. The van der Waals surface area contributed by atoms with Crippen molar-refractivity contribution in [1.29, 1.82) is 0 Å². The van der Waals surface area contributed by atoms with Gasteiger partial charge >= 0.3 is 0 Å². The molecule has 0 unspecified atom stereocenters. The Kier molecular flexibility index (Phi) is 10.4. The van der Waals surface area contributed by atoms with E-state index in [2.05, 4.69) is 20.6 Å². The predicted molar refractivity (Wildman–Crippen MR) is 136 cm³/mol. The van der Waals surface area contributed by atoms with Crippen LogP contribution in [0.15, 0.2) is 48.8 Å². The van der Waals surface area contributed by atoms with Crippen LogP contribution in [0.3, 0.4) is 0 Å². The van der Waals surface area contributed by atoms with Crippen molar-refractivity contribution < 1.29 is 19.6 Å². The lowest BCUT2D eigenvalue weighted by molar-refractivity contribution is -0.133. The zero-order valence-electron chi connectivity index (χ0n) is 20.5. The van der Waals surface area contributed by atoms with Gasteiger partial charge in [-0.1, -0.05) is 49.6 Å². The summed E-state index contributed by atoms with van der Waals surface area (Å²) in [6.07, 6.45) is 11.1. The minimum atomic E-state index is -0.824. The second-order valence-corrected chi connectivity index (χ2v) is 9.02. The lowest BCUT2D eigenvalue weighted by Gasteiger charge is -2.25. The Bertz CT molecular complexity index is 1020. The van der Waals surface area contributed by atoms with Crippen LogP contribution in [0.4, 0.5) is 5.82 Å². The molecule has 3 rings (SSSR count). The van der Waals surface area contributed by atoms with Crippen molar-refractivity contribution in [3.05, 3.63) is 60.1 Å². The summed E-state index contributed by atoms with van der Waals surface area (Å²) >= 11 is 0. The molecule has 1 fully saturated rings. The topological polar surface area (TPSA) is 137 Å². The SMILES string of the molecule is CN(Cc1ccccc1)C(=O)C[C@@H](Nc1cnc(/C=C/C(=O)NO)cn1)C(=O)NCC1CCCCC1. The summed E-state index contributed by atoms with van der Waals surface area (Å²) in [6.45, 7) is 1.03. The third-order valence-electron chi connectivity index (χ3n) is 6.18. The van der Waals surface area contributed by atoms with E-state index in [0.29, 0.717) is 30.5 Å². The highest BCUT2D eigenvalue weighted by atomic mass is 16.5. The third kappa shape index (κ3) is 8.77. The molecule has 0 aliphatic heterocycles. The first kappa shape index (κ1) is 26.8. The average Bonchev–Trinajstić information content (AvgIpc) is 2.91. The van der Waals surface area contributed by atoms with E-state index in [0.717, 1.165) is 24.5 Å². The maximum atomic E-state index is 13.1. The number of nitrogens with zero attached hydrogens (tertiary/aromatic N) is 3. The average molecular weight is 495 g/mol. The molecule has 1 heterocycles. The maximum absolute atomic E-state index is 13.1. The number of aromatic nitrogens is 2. The summed E-state index contributed by atoms with van der Waals surface area (Å²) in [7, 11) is 1.72. The van der Waals surface area contributed by atoms with Crippen LogP contribution >= 0.6 is 0 Å². The van der Waals surface area contributed by atoms with Gasteiger partial charge in [0.2, 0.25) is 11.8 Å². The molecule has 1 aliphatic carbocycles. The van der Waals surface area contributed by atoms with Gasteiger partial charge in [-0.3, -0.25) is 24.6 Å². The largest absolute Gasteiger partial charge is 0.357 e. The van der Waals surface area contributed by atoms with Gasteiger partial charge in [0.15, 0.2) is 0 Å². The molecule has 3 amide bonds. The number of anilines is 1. The zero-order valence-corrected chi connectivity index (χ0v) is 20.5. The standard InChI is InChI=1S/C26H34N6O4/c1-32(18-20-10-6-3-7-11-20)25(34)14-22(26(35)29-15-19-8-4-2-5-9-19)30-23-17-27-21(16-28-23)12-13-24(33)31-36/h3,6-7,10-13,16-17,19,22,36H,2,4-5,8-9,14-15,18H2,1H3,(H,28,30)(H,29,35)(H,31,33)/b13-12+/t22-/m1/s1. The number of carbonyl (C=O) groups is 3. The van der Waals surface area contributed by atoms with Crippen molar-refractivity contribution in [2.45, 2.75) is 51.1 Å². The number of hydrogen-bond donors (Lipinski definition) is 4. The van der Waals surface area contributed by atoms with Crippen molar-refractivity contribution in [2.24, 2.45) is 5.92 Å². The van der Waals surface area contributed by atoms with Gasteiger partial charge in [0.05, 0.1) is 24.5 Å². The first-order valence-electron chi connectivity index (χ1n) is 12.2. The van der Waals surface area contributed by atoms with E-state index in [1.165, 1.54) is 43.2 Å². The molecule has 1 atom stereocenters. The van der Waals surface area contributed by atoms with Crippen LogP contribution in [-0.2, 0) is 20.9 Å².